The molecule has 5 rings (SSSR count). The Kier molecular flexibility index (Phi) is 7.96. The number of benzene rings is 1. The molecule has 2 aliphatic rings. The average molecular weight is 553 g/mol. The number of ether oxygens (including phenoxy) is 3. The molecular weight excluding hydrogens is 527 g/mol. The summed E-state index contributed by atoms with van der Waals surface area (Å²) in [6, 6.07) is 7.93. The van der Waals surface area contributed by atoms with E-state index in [0.29, 0.717) is 34.8 Å². The van der Waals surface area contributed by atoms with Crippen LogP contribution in [0.15, 0.2) is 55.0 Å². The Hall–Kier alpha value is -4.85. The van der Waals surface area contributed by atoms with Crippen molar-refractivity contribution in [3.05, 3.63) is 66.5 Å². The van der Waals surface area contributed by atoms with Crippen LogP contribution in [-0.4, -0.2) is 70.5 Å². The molecule has 13 nitrogen and oxygen atoms in total. The van der Waals surface area contributed by atoms with E-state index in [1.807, 2.05) is 0 Å². The van der Waals surface area contributed by atoms with E-state index in [-0.39, 0.29) is 26.0 Å². The van der Waals surface area contributed by atoms with Gasteiger partial charge in [0.2, 0.25) is 0 Å². The number of nitrogens with one attached hydrogen (secondary N) is 1. The third-order valence-electron chi connectivity index (χ3n) is 6.19. The molecule has 0 bridgehead atoms. The van der Waals surface area contributed by atoms with E-state index in [4.69, 9.17) is 14.3 Å². The number of hydrogen-bond donors (Lipinski definition) is 1. The first-order chi connectivity index (χ1) is 19.4. The Labute approximate surface area is 227 Å². The van der Waals surface area contributed by atoms with Gasteiger partial charge in [-0.2, -0.15) is 0 Å². The summed E-state index contributed by atoms with van der Waals surface area (Å²) in [6.45, 7) is 0.559. The predicted molar refractivity (Wildman–Crippen MR) is 135 cm³/mol. The largest absolute Gasteiger partial charge is 0.469 e. The second-order valence-electron chi connectivity index (χ2n) is 8.94. The summed E-state index contributed by atoms with van der Waals surface area (Å²) in [5.41, 5.74) is 5.07. The fourth-order valence-electron chi connectivity index (χ4n) is 4.15. The molecule has 208 valence electrons. The van der Waals surface area contributed by atoms with Crippen molar-refractivity contribution in [1.82, 2.24) is 25.5 Å². The molecule has 0 radical (unpaired) electrons. The van der Waals surface area contributed by atoms with Crippen molar-refractivity contribution >= 4 is 29.4 Å². The lowest BCUT2D eigenvalue weighted by Gasteiger charge is -2.14. The molecule has 14 heteroatoms. The smallest absolute Gasteiger partial charge is 0.414 e. The molecule has 0 saturated carbocycles. The highest BCUT2D eigenvalue weighted by molar-refractivity contribution is 5.90. The molecule has 1 aromatic carbocycles. The number of esters is 2. The summed E-state index contributed by atoms with van der Waals surface area (Å²) in [7, 11) is 1.25. The molecular formula is C26H25FN6O7. The lowest BCUT2D eigenvalue weighted by molar-refractivity contribution is -0.151. The molecule has 4 heterocycles. The minimum atomic E-state index is -0.558. The maximum Gasteiger partial charge on any atom is 0.414 e. The standard InChI is InChI=1S/C26H25FN6O7/c1-37-24(34)6-7-25(35)38-15-18-11-23(30-40-18)22-5-2-16(12-28-22)20-4-3-17(10-21(20)27)33-14-19(39-26(33)36)13-32-9-8-29-31-32/h2-5,8-12,18-19,30H,6-7,13-15H2,1H3/t18?,19-/m0/s1. The number of hydrogen-bond acceptors (Lipinski definition) is 11. The van der Waals surface area contributed by atoms with Crippen LogP contribution in [0.25, 0.3) is 16.8 Å². The Balaban J connectivity index is 1.18. The highest BCUT2D eigenvalue weighted by Gasteiger charge is 2.33. The Morgan fingerprint density at radius 2 is 2.05 bits per heavy atom. The SMILES string of the molecule is COC(=O)CCC(=O)OCC1C=C(c2ccc(-c3ccc(N4C[C@H](Cn5ccnn5)OC4=O)cc3F)cn2)NO1. The Morgan fingerprint density at radius 1 is 1.20 bits per heavy atom. The van der Waals surface area contributed by atoms with Crippen LogP contribution in [0, 0.1) is 5.82 Å². The maximum absolute atomic E-state index is 15.1. The molecule has 3 aromatic rings. The quantitative estimate of drug-likeness (QED) is 0.292. The first-order valence-electron chi connectivity index (χ1n) is 12.3. The summed E-state index contributed by atoms with van der Waals surface area (Å²) in [6.07, 6.45) is 4.75. The normalized spacial score (nSPS) is 18.2. The number of cyclic esters (lactones) is 1. The zero-order valence-corrected chi connectivity index (χ0v) is 21.4. The first kappa shape index (κ1) is 26.7. The van der Waals surface area contributed by atoms with E-state index in [0.717, 1.165) is 0 Å². The number of carbonyl (C=O) groups excluding carboxylic acids is 3. The van der Waals surface area contributed by atoms with Gasteiger partial charge < -0.3 is 14.2 Å². The number of anilines is 1. The molecule has 2 aliphatic heterocycles. The van der Waals surface area contributed by atoms with Gasteiger partial charge in [0, 0.05) is 23.5 Å². The van der Waals surface area contributed by atoms with Crippen LogP contribution in [0.5, 0.6) is 0 Å². The first-order valence-corrected chi connectivity index (χ1v) is 12.3. The highest BCUT2D eigenvalue weighted by Crippen LogP contribution is 2.30. The highest BCUT2D eigenvalue weighted by atomic mass is 19.1. The second kappa shape index (κ2) is 11.9. The fraction of sp³-hybridized carbons (Fsp3) is 0.308. The van der Waals surface area contributed by atoms with Gasteiger partial charge in [-0.1, -0.05) is 11.3 Å². The monoisotopic (exact) mass is 552 g/mol. The van der Waals surface area contributed by atoms with Crippen LogP contribution in [-0.2, 0) is 35.2 Å². The number of aromatic nitrogens is 4. The van der Waals surface area contributed by atoms with Gasteiger partial charge in [-0.25, -0.2) is 13.9 Å². The zero-order valence-electron chi connectivity index (χ0n) is 21.4. The van der Waals surface area contributed by atoms with E-state index in [1.54, 1.807) is 41.2 Å². The topological polar surface area (TPSA) is 147 Å². The minimum absolute atomic E-state index is 0.0437. The van der Waals surface area contributed by atoms with Gasteiger partial charge in [-0.3, -0.25) is 29.8 Å². The lowest BCUT2D eigenvalue weighted by atomic mass is 10.1. The summed E-state index contributed by atoms with van der Waals surface area (Å²) in [5, 5.41) is 7.60. The summed E-state index contributed by atoms with van der Waals surface area (Å²) < 4.78 is 31.7. The maximum atomic E-state index is 15.1. The van der Waals surface area contributed by atoms with Crippen molar-refractivity contribution < 1.29 is 37.8 Å². The molecule has 40 heavy (non-hydrogen) atoms. The molecule has 1 fully saturated rings. The van der Waals surface area contributed by atoms with E-state index in [9.17, 15) is 14.4 Å². The van der Waals surface area contributed by atoms with Crippen LogP contribution < -0.4 is 10.4 Å². The van der Waals surface area contributed by atoms with Gasteiger partial charge in [0.15, 0.2) is 0 Å². The van der Waals surface area contributed by atoms with Crippen LogP contribution >= 0.6 is 0 Å². The van der Waals surface area contributed by atoms with Gasteiger partial charge in [-0.15, -0.1) is 5.10 Å². The predicted octanol–water partition coefficient (Wildman–Crippen LogP) is 2.25. The Morgan fingerprint density at radius 3 is 2.77 bits per heavy atom. The van der Waals surface area contributed by atoms with Crippen molar-refractivity contribution in [2.75, 3.05) is 25.2 Å². The Bertz CT molecular complexity index is 1410. The number of hydroxylamine groups is 1. The molecule has 2 aromatic heterocycles. The van der Waals surface area contributed by atoms with Gasteiger partial charge in [0.25, 0.3) is 0 Å². The molecule has 2 atom stereocenters. The average Bonchev–Trinajstić information content (AvgIpc) is 3.73. The number of nitrogens with zero attached hydrogens (tertiary/aromatic N) is 5. The number of carbonyl (C=O) groups is 3. The molecule has 1 N–H and O–H groups in total. The second-order valence-corrected chi connectivity index (χ2v) is 8.94. The number of methoxy groups -OCH3 is 1. The minimum Gasteiger partial charge on any atom is -0.469 e. The fourth-order valence-corrected chi connectivity index (χ4v) is 4.15. The van der Waals surface area contributed by atoms with Crippen LogP contribution in [0.1, 0.15) is 18.5 Å². The van der Waals surface area contributed by atoms with E-state index >= 15 is 4.39 Å². The number of pyridine rings is 1. The molecule has 1 saturated heterocycles. The van der Waals surface area contributed by atoms with E-state index < -0.39 is 36.1 Å². The number of rotatable bonds is 10. The zero-order chi connectivity index (χ0) is 28.1. The molecule has 1 amide bonds. The van der Waals surface area contributed by atoms with E-state index in [2.05, 4.69) is 25.5 Å². The van der Waals surface area contributed by atoms with Gasteiger partial charge in [0.05, 0.1) is 56.3 Å². The van der Waals surface area contributed by atoms with Gasteiger partial charge in [0.1, 0.15) is 24.6 Å². The van der Waals surface area contributed by atoms with Crippen LogP contribution in [0.3, 0.4) is 0 Å². The van der Waals surface area contributed by atoms with Crippen LogP contribution in [0.2, 0.25) is 0 Å². The van der Waals surface area contributed by atoms with Crippen molar-refractivity contribution in [3.63, 3.8) is 0 Å². The van der Waals surface area contributed by atoms with Crippen molar-refractivity contribution in [3.8, 4) is 11.1 Å². The third kappa shape index (κ3) is 6.23. The number of amides is 1. The summed E-state index contributed by atoms with van der Waals surface area (Å²) in [4.78, 5) is 46.4. The summed E-state index contributed by atoms with van der Waals surface area (Å²) >= 11 is 0. The van der Waals surface area contributed by atoms with E-state index in [1.165, 1.54) is 30.5 Å². The molecule has 0 aliphatic carbocycles. The summed E-state index contributed by atoms with van der Waals surface area (Å²) in [5.74, 6) is -1.55. The van der Waals surface area contributed by atoms with Gasteiger partial charge in [-0.05, 0) is 30.3 Å². The van der Waals surface area contributed by atoms with Gasteiger partial charge >= 0.3 is 18.0 Å². The van der Waals surface area contributed by atoms with Crippen molar-refractivity contribution in [1.29, 1.82) is 0 Å². The third-order valence-corrected chi connectivity index (χ3v) is 6.19. The molecule has 1 unspecified atom stereocenters. The van der Waals surface area contributed by atoms with Crippen molar-refractivity contribution in [2.24, 2.45) is 0 Å². The molecule has 0 spiro atoms. The van der Waals surface area contributed by atoms with Crippen molar-refractivity contribution in [2.45, 2.75) is 31.6 Å². The lowest BCUT2D eigenvalue weighted by Crippen LogP contribution is -2.26. The van der Waals surface area contributed by atoms with Crippen LogP contribution in [0.4, 0.5) is 14.9 Å². The number of halogens is 1.